The Labute approximate surface area is 170 Å². The molecule has 27 heavy (non-hydrogen) atoms. The van der Waals surface area contributed by atoms with Crippen LogP contribution in [0.5, 0.6) is 5.75 Å². The van der Waals surface area contributed by atoms with Crippen molar-refractivity contribution in [3.63, 3.8) is 0 Å². The number of halogens is 1. The average Bonchev–Trinajstić information content (AvgIpc) is 3.16. The van der Waals surface area contributed by atoms with Crippen molar-refractivity contribution in [2.24, 2.45) is 0 Å². The van der Waals surface area contributed by atoms with E-state index in [2.05, 4.69) is 27.6 Å². The van der Waals surface area contributed by atoms with Crippen molar-refractivity contribution in [1.29, 1.82) is 0 Å². The summed E-state index contributed by atoms with van der Waals surface area (Å²) in [5.74, 6) is 0.578. The van der Waals surface area contributed by atoms with Gasteiger partial charge in [-0.05, 0) is 34.2 Å². The number of carbonyl (C=O) groups is 1. The van der Waals surface area contributed by atoms with Gasteiger partial charge in [0.15, 0.2) is 0 Å². The van der Waals surface area contributed by atoms with Gasteiger partial charge in [-0.2, -0.15) is 0 Å². The van der Waals surface area contributed by atoms with Gasteiger partial charge in [-0.1, -0.05) is 60.7 Å². The Hall–Kier alpha value is -2.80. The monoisotopic (exact) mass is 468 g/mol. The molecule has 1 aromatic heterocycles. The van der Waals surface area contributed by atoms with Gasteiger partial charge in [-0.3, -0.25) is 4.79 Å². The summed E-state index contributed by atoms with van der Waals surface area (Å²) in [5, 5.41) is 0.887. The lowest BCUT2D eigenvalue weighted by Crippen LogP contribution is -2.01. The van der Waals surface area contributed by atoms with Crippen LogP contribution < -0.4 is 10.5 Å². The van der Waals surface area contributed by atoms with Gasteiger partial charge in [-0.15, -0.1) is 0 Å². The van der Waals surface area contributed by atoms with Crippen molar-refractivity contribution in [2.45, 2.75) is 6.61 Å². The number of ketones is 1. The lowest BCUT2D eigenvalue weighted by molar-refractivity contribution is 0.103. The number of fused-ring (bicyclic) bond motifs is 1. The molecule has 3 N–H and O–H groups in total. The summed E-state index contributed by atoms with van der Waals surface area (Å²) in [5.41, 5.74) is 9.80. The number of nitrogens with one attached hydrogen (secondary N) is 1. The SMILES string of the molecule is Nc1cc(OCc2ccccc2)c2[nH]c(C(=O)c3ccccc3)cc2c1I. The van der Waals surface area contributed by atoms with E-state index in [0.717, 1.165) is 20.0 Å². The third kappa shape index (κ3) is 3.55. The minimum Gasteiger partial charge on any atom is -0.487 e. The van der Waals surface area contributed by atoms with Crippen molar-refractivity contribution in [3.8, 4) is 5.75 Å². The molecule has 4 nitrogen and oxygen atoms in total. The lowest BCUT2D eigenvalue weighted by atomic mass is 10.1. The lowest BCUT2D eigenvalue weighted by Gasteiger charge is -2.10. The molecule has 0 aliphatic rings. The molecule has 0 aliphatic carbocycles. The number of anilines is 1. The number of hydrogen-bond donors (Lipinski definition) is 2. The van der Waals surface area contributed by atoms with E-state index in [1.54, 1.807) is 18.2 Å². The molecule has 0 unspecified atom stereocenters. The number of nitrogen functional groups attached to an aromatic ring is 1. The summed E-state index contributed by atoms with van der Waals surface area (Å²) >= 11 is 2.20. The first kappa shape index (κ1) is 17.6. The molecule has 0 fully saturated rings. The predicted molar refractivity (Wildman–Crippen MR) is 116 cm³/mol. The Bertz CT molecular complexity index is 1110. The quantitative estimate of drug-likeness (QED) is 0.242. The predicted octanol–water partition coefficient (Wildman–Crippen LogP) is 5.16. The fraction of sp³-hybridized carbons (Fsp3) is 0.0455. The van der Waals surface area contributed by atoms with Gasteiger partial charge in [0.05, 0.1) is 11.2 Å². The third-order valence-corrected chi connectivity index (χ3v) is 5.56. The van der Waals surface area contributed by atoms with E-state index in [0.29, 0.717) is 29.3 Å². The Morgan fingerprint density at radius 3 is 2.37 bits per heavy atom. The number of aromatic amines is 1. The summed E-state index contributed by atoms with van der Waals surface area (Å²) in [6.45, 7) is 0.428. The van der Waals surface area contributed by atoms with Crippen molar-refractivity contribution in [3.05, 3.63) is 93.2 Å². The molecule has 0 spiro atoms. The first-order valence-corrected chi connectivity index (χ1v) is 9.58. The molecule has 5 heteroatoms. The molecule has 134 valence electrons. The topological polar surface area (TPSA) is 68.1 Å². The van der Waals surface area contributed by atoms with Gasteiger partial charge >= 0.3 is 0 Å². The van der Waals surface area contributed by atoms with Crippen LogP contribution in [0.3, 0.4) is 0 Å². The maximum Gasteiger partial charge on any atom is 0.209 e. The molecule has 0 radical (unpaired) electrons. The Morgan fingerprint density at radius 2 is 1.67 bits per heavy atom. The molecule has 0 saturated carbocycles. The molecule has 3 aromatic carbocycles. The number of benzene rings is 3. The Balaban J connectivity index is 1.73. The van der Waals surface area contributed by atoms with Crippen LogP contribution in [-0.2, 0) is 6.61 Å². The average molecular weight is 468 g/mol. The van der Waals surface area contributed by atoms with Crippen LogP contribution in [0, 0.1) is 3.57 Å². The highest BCUT2D eigenvalue weighted by Crippen LogP contribution is 2.35. The maximum absolute atomic E-state index is 12.8. The largest absolute Gasteiger partial charge is 0.487 e. The van der Waals surface area contributed by atoms with E-state index < -0.39 is 0 Å². The number of hydrogen-bond acceptors (Lipinski definition) is 3. The highest BCUT2D eigenvalue weighted by molar-refractivity contribution is 14.1. The molecule has 0 saturated heterocycles. The van der Waals surface area contributed by atoms with E-state index in [1.807, 2.05) is 54.6 Å². The standard InChI is InChI=1S/C22H17IN2O2/c23-20-16-11-18(22(26)15-9-5-2-6-10-15)25-21(16)19(12-17(20)24)27-13-14-7-3-1-4-8-14/h1-12,25H,13,24H2. The molecular weight excluding hydrogens is 451 g/mol. The zero-order valence-electron chi connectivity index (χ0n) is 14.4. The number of nitrogens with two attached hydrogens (primary N) is 1. The molecule has 0 bridgehead atoms. The molecule has 4 aromatic rings. The third-order valence-electron chi connectivity index (χ3n) is 4.36. The Kier molecular flexibility index (Phi) is 4.85. The van der Waals surface area contributed by atoms with Crippen LogP contribution in [0.4, 0.5) is 5.69 Å². The van der Waals surface area contributed by atoms with Gasteiger partial charge in [0.1, 0.15) is 12.4 Å². The van der Waals surface area contributed by atoms with E-state index in [-0.39, 0.29) is 5.78 Å². The zero-order valence-corrected chi connectivity index (χ0v) is 16.6. The van der Waals surface area contributed by atoms with E-state index >= 15 is 0 Å². The van der Waals surface area contributed by atoms with Gasteiger partial charge in [0.25, 0.3) is 0 Å². The highest BCUT2D eigenvalue weighted by Gasteiger charge is 2.17. The van der Waals surface area contributed by atoms with Gasteiger partial charge in [0.2, 0.25) is 5.78 Å². The highest BCUT2D eigenvalue weighted by atomic mass is 127. The number of rotatable bonds is 5. The van der Waals surface area contributed by atoms with Gasteiger partial charge in [0, 0.05) is 26.3 Å². The molecule has 0 amide bonds. The minimum atomic E-state index is -0.0600. The Morgan fingerprint density at radius 1 is 1.00 bits per heavy atom. The summed E-state index contributed by atoms with van der Waals surface area (Å²) in [6, 6.07) is 22.8. The van der Waals surface area contributed by atoms with Crippen LogP contribution in [0.15, 0.2) is 72.8 Å². The number of ether oxygens (including phenoxy) is 1. The molecule has 0 aliphatic heterocycles. The number of aromatic nitrogens is 1. The zero-order chi connectivity index (χ0) is 18.8. The smallest absolute Gasteiger partial charge is 0.209 e. The molecule has 4 rings (SSSR count). The van der Waals surface area contributed by atoms with Crippen LogP contribution in [0.2, 0.25) is 0 Å². The summed E-state index contributed by atoms with van der Waals surface area (Å²) < 4.78 is 6.92. The van der Waals surface area contributed by atoms with Crippen LogP contribution in [0.25, 0.3) is 10.9 Å². The number of carbonyl (C=O) groups excluding carboxylic acids is 1. The number of H-pyrrole nitrogens is 1. The van der Waals surface area contributed by atoms with E-state index in [9.17, 15) is 4.79 Å². The van der Waals surface area contributed by atoms with Gasteiger partial charge < -0.3 is 15.5 Å². The molecule has 1 heterocycles. The summed E-state index contributed by atoms with van der Waals surface area (Å²) in [4.78, 5) is 16.0. The van der Waals surface area contributed by atoms with Crippen LogP contribution in [0.1, 0.15) is 21.6 Å². The second kappa shape index (κ2) is 7.44. The fourth-order valence-electron chi connectivity index (χ4n) is 2.97. The van der Waals surface area contributed by atoms with Crippen LogP contribution >= 0.6 is 22.6 Å². The van der Waals surface area contributed by atoms with Crippen LogP contribution in [-0.4, -0.2) is 10.8 Å². The van der Waals surface area contributed by atoms with Crippen molar-refractivity contribution in [2.75, 3.05) is 5.73 Å². The first-order valence-electron chi connectivity index (χ1n) is 8.50. The van der Waals surface area contributed by atoms with E-state index in [1.165, 1.54) is 0 Å². The van der Waals surface area contributed by atoms with Crippen molar-refractivity contribution >= 4 is 45.0 Å². The van der Waals surface area contributed by atoms with Gasteiger partial charge in [-0.25, -0.2) is 0 Å². The van der Waals surface area contributed by atoms with E-state index in [4.69, 9.17) is 10.5 Å². The normalized spacial score (nSPS) is 10.9. The molecule has 0 atom stereocenters. The maximum atomic E-state index is 12.8. The van der Waals surface area contributed by atoms with Crippen molar-refractivity contribution < 1.29 is 9.53 Å². The fourth-order valence-corrected chi connectivity index (χ4v) is 3.55. The second-order valence-electron chi connectivity index (χ2n) is 6.22. The van der Waals surface area contributed by atoms with Crippen molar-refractivity contribution in [1.82, 2.24) is 4.98 Å². The second-order valence-corrected chi connectivity index (χ2v) is 7.30. The minimum absolute atomic E-state index is 0.0600. The summed E-state index contributed by atoms with van der Waals surface area (Å²) in [6.07, 6.45) is 0. The molecular formula is C22H17IN2O2. The summed E-state index contributed by atoms with van der Waals surface area (Å²) in [7, 11) is 0. The first-order chi connectivity index (χ1) is 13.1.